The molecule has 6 nitrogen and oxygen atoms in total. The van der Waals surface area contributed by atoms with Gasteiger partial charge in [0.1, 0.15) is 18.1 Å². The van der Waals surface area contributed by atoms with Gasteiger partial charge in [-0.2, -0.15) is 4.73 Å². The molecule has 4 rings (SSSR count). The number of fused-ring (bicyclic) bond motifs is 1. The minimum absolute atomic E-state index is 0.153. The third-order valence-corrected chi connectivity index (χ3v) is 5.22. The minimum Gasteiger partial charge on any atom is -0.618 e. The first-order valence-corrected chi connectivity index (χ1v) is 10.2. The summed E-state index contributed by atoms with van der Waals surface area (Å²) in [5.74, 6) is 0.595. The number of methoxy groups -OCH3 is 1. The quantitative estimate of drug-likeness (QED) is 0.238. The Kier molecular flexibility index (Phi) is 5.94. The summed E-state index contributed by atoms with van der Waals surface area (Å²) < 4.78 is 17.6. The van der Waals surface area contributed by atoms with E-state index in [1.165, 1.54) is 13.3 Å². The van der Waals surface area contributed by atoms with E-state index < -0.39 is 5.97 Å². The van der Waals surface area contributed by atoms with Crippen LogP contribution in [0.2, 0.25) is 0 Å². The Labute approximate surface area is 186 Å². The number of carbonyl (C=O) groups is 1. The summed E-state index contributed by atoms with van der Waals surface area (Å²) >= 11 is 0. The van der Waals surface area contributed by atoms with Gasteiger partial charge in [0, 0.05) is 5.39 Å². The molecule has 0 fully saturated rings. The van der Waals surface area contributed by atoms with Crippen molar-refractivity contribution in [3.8, 4) is 17.2 Å². The Morgan fingerprint density at radius 3 is 2.25 bits per heavy atom. The molecule has 0 aliphatic rings. The number of benzene rings is 3. The molecule has 32 heavy (non-hydrogen) atoms. The molecule has 0 aliphatic carbocycles. The molecule has 1 heterocycles. The van der Waals surface area contributed by atoms with Crippen LogP contribution in [0.4, 0.5) is 0 Å². The first-order chi connectivity index (χ1) is 15.5. The molecular formula is C26H23NO5. The summed E-state index contributed by atoms with van der Waals surface area (Å²) in [6.45, 7) is 4.11. The molecule has 0 unspecified atom stereocenters. The first-order valence-electron chi connectivity index (χ1n) is 10.2. The van der Waals surface area contributed by atoms with Crippen LogP contribution in [0.25, 0.3) is 10.8 Å². The van der Waals surface area contributed by atoms with Crippen molar-refractivity contribution in [3.05, 3.63) is 101 Å². The van der Waals surface area contributed by atoms with Gasteiger partial charge in [0.25, 0.3) is 0 Å². The average molecular weight is 429 g/mol. The van der Waals surface area contributed by atoms with E-state index >= 15 is 0 Å². The molecule has 0 bridgehead atoms. The van der Waals surface area contributed by atoms with Crippen LogP contribution in [-0.4, -0.2) is 13.1 Å². The van der Waals surface area contributed by atoms with Gasteiger partial charge in [-0.05, 0) is 42.7 Å². The Morgan fingerprint density at radius 2 is 1.56 bits per heavy atom. The van der Waals surface area contributed by atoms with E-state index in [4.69, 9.17) is 14.2 Å². The number of aromatic nitrogens is 1. The highest BCUT2D eigenvalue weighted by atomic mass is 16.5. The summed E-state index contributed by atoms with van der Waals surface area (Å²) in [6.07, 6.45) is 1.32. The van der Waals surface area contributed by atoms with Crippen molar-refractivity contribution in [2.24, 2.45) is 0 Å². The lowest BCUT2D eigenvalue weighted by Gasteiger charge is -2.16. The molecule has 0 spiro atoms. The molecule has 4 aromatic rings. The number of hydrogen-bond acceptors (Lipinski definition) is 5. The number of hydrogen-bond donors (Lipinski definition) is 0. The van der Waals surface area contributed by atoms with Gasteiger partial charge in [-0.1, -0.05) is 54.6 Å². The summed E-state index contributed by atoms with van der Waals surface area (Å²) in [5.41, 5.74) is 2.65. The fourth-order valence-corrected chi connectivity index (χ4v) is 3.60. The van der Waals surface area contributed by atoms with Crippen LogP contribution in [0.1, 0.15) is 27.2 Å². The lowest BCUT2D eigenvalue weighted by molar-refractivity contribution is -0.607. The fourth-order valence-electron chi connectivity index (χ4n) is 3.60. The molecule has 0 radical (unpaired) electrons. The van der Waals surface area contributed by atoms with Crippen molar-refractivity contribution >= 4 is 16.7 Å². The second-order valence-corrected chi connectivity index (χ2v) is 7.44. The Hall–Kier alpha value is -4.06. The van der Waals surface area contributed by atoms with Crippen LogP contribution in [0.15, 0.2) is 72.9 Å². The number of nitrogens with zero attached hydrogens (tertiary/aromatic N) is 1. The SMILES string of the molecule is COC(=O)c1c(OCc2ccccc2)c2cccc(Oc3c(C)cccc3C)c2c[n+]1[O-]. The lowest BCUT2D eigenvalue weighted by Crippen LogP contribution is -2.35. The van der Waals surface area contributed by atoms with Crippen molar-refractivity contribution in [1.82, 2.24) is 0 Å². The zero-order valence-electron chi connectivity index (χ0n) is 18.1. The standard InChI is InChI=1S/C26H23NO5/c1-17-9-7-10-18(2)24(17)32-22-14-8-13-20-21(22)15-27(29)23(26(28)30-3)25(20)31-16-19-11-5-4-6-12-19/h4-15H,16H2,1-3H3. The molecule has 0 aliphatic heterocycles. The summed E-state index contributed by atoms with van der Waals surface area (Å²) in [4.78, 5) is 12.4. The monoisotopic (exact) mass is 429 g/mol. The van der Waals surface area contributed by atoms with Crippen LogP contribution in [0, 0.1) is 19.1 Å². The summed E-state index contributed by atoms with van der Waals surface area (Å²) in [6, 6.07) is 20.8. The second-order valence-electron chi connectivity index (χ2n) is 7.44. The van der Waals surface area contributed by atoms with Gasteiger partial charge < -0.3 is 19.4 Å². The third-order valence-electron chi connectivity index (χ3n) is 5.22. The van der Waals surface area contributed by atoms with Gasteiger partial charge in [-0.15, -0.1) is 0 Å². The molecule has 6 heteroatoms. The van der Waals surface area contributed by atoms with Gasteiger partial charge in [0.2, 0.25) is 5.75 Å². The normalized spacial score (nSPS) is 10.7. The van der Waals surface area contributed by atoms with Crippen LogP contribution < -0.4 is 14.2 Å². The fraction of sp³-hybridized carbons (Fsp3) is 0.154. The summed E-state index contributed by atoms with van der Waals surface area (Å²) in [5, 5.41) is 14.0. The van der Waals surface area contributed by atoms with Crippen molar-refractivity contribution in [1.29, 1.82) is 0 Å². The van der Waals surface area contributed by atoms with Crippen LogP contribution in [0.5, 0.6) is 17.2 Å². The zero-order valence-corrected chi connectivity index (χ0v) is 18.1. The Morgan fingerprint density at radius 1 is 0.875 bits per heavy atom. The minimum atomic E-state index is -0.772. The highest BCUT2D eigenvalue weighted by Crippen LogP contribution is 2.37. The number of rotatable bonds is 6. The maximum absolute atomic E-state index is 12.9. The molecule has 0 saturated heterocycles. The van der Waals surface area contributed by atoms with Crippen molar-refractivity contribution in [2.75, 3.05) is 7.11 Å². The van der Waals surface area contributed by atoms with Gasteiger partial charge in [0.15, 0.2) is 6.20 Å². The average Bonchev–Trinajstić information content (AvgIpc) is 2.80. The molecular weight excluding hydrogens is 406 g/mol. The van der Waals surface area contributed by atoms with Gasteiger partial charge >= 0.3 is 11.7 Å². The molecule has 0 amide bonds. The number of carbonyl (C=O) groups excluding carboxylic acids is 1. The highest BCUT2D eigenvalue weighted by molar-refractivity contribution is 5.99. The number of aryl methyl sites for hydroxylation is 2. The third kappa shape index (κ3) is 4.07. The van der Waals surface area contributed by atoms with Crippen LogP contribution >= 0.6 is 0 Å². The molecule has 0 saturated carbocycles. The van der Waals surface area contributed by atoms with Gasteiger partial charge in [-0.3, -0.25) is 0 Å². The van der Waals surface area contributed by atoms with Crippen LogP contribution in [-0.2, 0) is 11.3 Å². The molecule has 162 valence electrons. The lowest BCUT2D eigenvalue weighted by atomic mass is 10.1. The van der Waals surface area contributed by atoms with Crippen LogP contribution in [0.3, 0.4) is 0 Å². The molecule has 1 aromatic heterocycles. The molecule has 3 aromatic carbocycles. The van der Waals surface area contributed by atoms with E-state index in [1.807, 2.05) is 62.4 Å². The van der Waals surface area contributed by atoms with Crippen molar-refractivity contribution in [2.45, 2.75) is 20.5 Å². The number of ether oxygens (including phenoxy) is 3. The zero-order chi connectivity index (χ0) is 22.7. The maximum Gasteiger partial charge on any atom is 0.408 e. The van der Waals surface area contributed by atoms with Gasteiger partial charge in [-0.25, -0.2) is 4.79 Å². The topological polar surface area (TPSA) is 71.7 Å². The second kappa shape index (κ2) is 8.98. The van der Waals surface area contributed by atoms with Crippen molar-refractivity contribution < 1.29 is 23.7 Å². The Balaban J connectivity index is 1.85. The Bertz CT molecular complexity index is 1260. The van der Waals surface area contributed by atoms with E-state index in [2.05, 4.69) is 0 Å². The van der Waals surface area contributed by atoms with Crippen molar-refractivity contribution in [3.63, 3.8) is 0 Å². The van der Waals surface area contributed by atoms with E-state index in [0.29, 0.717) is 21.3 Å². The van der Waals surface area contributed by atoms with E-state index in [1.54, 1.807) is 18.2 Å². The van der Waals surface area contributed by atoms with Gasteiger partial charge in [0.05, 0.1) is 12.5 Å². The smallest absolute Gasteiger partial charge is 0.408 e. The largest absolute Gasteiger partial charge is 0.618 e. The highest BCUT2D eigenvalue weighted by Gasteiger charge is 2.28. The predicted molar refractivity (Wildman–Crippen MR) is 121 cm³/mol. The molecule has 0 atom stereocenters. The first kappa shape index (κ1) is 21.2. The number of pyridine rings is 1. The van der Waals surface area contributed by atoms with E-state index in [0.717, 1.165) is 22.4 Å². The molecule has 0 N–H and O–H groups in total. The van der Waals surface area contributed by atoms with E-state index in [9.17, 15) is 10.0 Å². The van der Waals surface area contributed by atoms with E-state index in [-0.39, 0.29) is 18.1 Å². The maximum atomic E-state index is 12.9. The predicted octanol–water partition coefficient (Wildman–Crippen LogP) is 5.25. The number of para-hydroxylation sites is 1. The summed E-state index contributed by atoms with van der Waals surface area (Å²) in [7, 11) is 1.23. The number of esters is 1.